The largest absolute Gasteiger partial charge is 0.615 e. The van der Waals surface area contributed by atoms with Crippen LogP contribution in [0, 0.1) is 5.92 Å². The molecular formula is C36H39Cl2F3N2O4S. The summed E-state index contributed by atoms with van der Waals surface area (Å²) in [6, 6.07) is 21.5. The van der Waals surface area contributed by atoms with E-state index in [4.69, 9.17) is 27.9 Å². The molecule has 48 heavy (non-hydrogen) atoms. The summed E-state index contributed by atoms with van der Waals surface area (Å²) < 4.78 is 58.6. The zero-order valence-corrected chi connectivity index (χ0v) is 29.2. The van der Waals surface area contributed by atoms with E-state index in [9.17, 15) is 27.3 Å². The van der Waals surface area contributed by atoms with Gasteiger partial charge in [-0.3, -0.25) is 9.69 Å². The van der Waals surface area contributed by atoms with E-state index < -0.39 is 41.3 Å². The standard InChI is InChI=1S/C36H39Cl2F3N2O4S/c1-42(32(44)22-36(39,40)41)24-34(27-14-15-30(37)31(38)21-27,43(2)33(45)47-28-11-4-3-5-12-28)18-8-9-25-16-19-35(20-17-25)29-13-7-6-10-26(29)23-48(35)46/h3-7,10-15,21,25H,8-9,16-20,22-24H2,1-2H3/t25?,34-,35?,48?/m1/s1. The molecule has 0 N–H and O–H groups in total. The minimum absolute atomic E-state index is 0.204. The van der Waals surface area contributed by atoms with Gasteiger partial charge in [0.1, 0.15) is 17.9 Å². The summed E-state index contributed by atoms with van der Waals surface area (Å²) in [6.07, 6.45) is -2.02. The highest BCUT2D eigenvalue weighted by Gasteiger charge is 2.52. The van der Waals surface area contributed by atoms with Crippen LogP contribution >= 0.6 is 23.2 Å². The fourth-order valence-corrected chi connectivity index (χ4v) is 9.54. The summed E-state index contributed by atoms with van der Waals surface area (Å²) in [5.74, 6) is 0.0806. The number of carbonyl (C=O) groups excluding carboxylic acids is 2. The van der Waals surface area contributed by atoms with Crippen molar-refractivity contribution in [3.05, 3.63) is 99.5 Å². The Bertz CT molecular complexity index is 1600. The van der Waals surface area contributed by atoms with Crippen molar-refractivity contribution >= 4 is 46.4 Å². The lowest BCUT2D eigenvalue weighted by atomic mass is 9.74. The van der Waals surface area contributed by atoms with Crippen LogP contribution in [-0.4, -0.2) is 53.2 Å². The van der Waals surface area contributed by atoms with Crippen molar-refractivity contribution in [3.63, 3.8) is 0 Å². The highest BCUT2D eigenvalue weighted by Crippen LogP contribution is 2.53. The Morgan fingerprint density at radius 3 is 2.31 bits per heavy atom. The third-order valence-electron chi connectivity index (χ3n) is 9.94. The first kappa shape index (κ1) is 36.4. The number of nitrogens with zero attached hydrogens (tertiary/aromatic N) is 2. The molecule has 2 atom stereocenters. The Balaban J connectivity index is 1.41. The van der Waals surface area contributed by atoms with Crippen LogP contribution in [0.15, 0.2) is 72.8 Å². The van der Waals surface area contributed by atoms with Crippen LogP contribution in [0.5, 0.6) is 5.75 Å². The van der Waals surface area contributed by atoms with Crippen molar-refractivity contribution in [1.29, 1.82) is 0 Å². The molecule has 1 fully saturated rings. The zero-order chi connectivity index (χ0) is 34.7. The van der Waals surface area contributed by atoms with E-state index >= 15 is 0 Å². The van der Waals surface area contributed by atoms with E-state index in [1.165, 1.54) is 24.6 Å². The number of carbonyl (C=O) groups is 2. The molecule has 2 aliphatic rings. The predicted molar refractivity (Wildman–Crippen MR) is 182 cm³/mol. The molecule has 0 saturated heterocycles. The van der Waals surface area contributed by atoms with Gasteiger partial charge in [0.2, 0.25) is 5.91 Å². The second-order valence-corrected chi connectivity index (χ2v) is 15.5. The minimum atomic E-state index is -4.70. The van der Waals surface area contributed by atoms with E-state index in [0.29, 0.717) is 35.8 Å². The van der Waals surface area contributed by atoms with Crippen molar-refractivity contribution in [2.45, 2.75) is 73.6 Å². The van der Waals surface area contributed by atoms with Crippen LogP contribution in [0.1, 0.15) is 68.1 Å². The van der Waals surface area contributed by atoms with E-state index in [1.54, 1.807) is 48.5 Å². The van der Waals surface area contributed by atoms with Crippen molar-refractivity contribution in [3.8, 4) is 5.75 Å². The molecule has 5 rings (SSSR count). The van der Waals surface area contributed by atoms with Gasteiger partial charge in [-0.1, -0.05) is 84.6 Å². The minimum Gasteiger partial charge on any atom is -0.615 e. The number of alkyl halides is 3. The fraction of sp³-hybridized carbons (Fsp3) is 0.444. The number of likely N-dealkylation sites (N-methyl/N-ethyl adjacent to an activating group) is 2. The second kappa shape index (κ2) is 14.9. The Morgan fingerprint density at radius 2 is 1.65 bits per heavy atom. The molecule has 2 amide bonds. The van der Waals surface area contributed by atoms with E-state index in [2.05, 4.69) is 12.1 Å². The number of hydrogen-bond acceptors (Lipinski definition) is 4. The molecule has 12 heteroatoms. The Morgan fingerprint density at radius 1 is 0.979 bits per heavy atom. The number of halogens is 5. The SMILES string of the molecule is CN(C[C@](CCCC1CCC2(CC1)c1ccccc1C[S+]2[O-])(c1ccc(Cl)c(Cl)c1)N(C)C(=O)Oc1ccccc1)C(=O)CC(F)(F)F. The first-order valence-corrected chi connectivity index (χ1v) is 18.1. The number of ether oxygens (including phenoxy) is 1. The molecule has 1 spiro atoms. The lowest BCUT2D eigenvalue weighted by molar-refractivity contribution is -0.161. The molecule has 1 saturated carbocycles. The summed E-state index contributed by atoms with van der Waals surface area (Å²) in [7, 11) is 2.82. The Labute approximate surface area is 292 Å². The van der Waals surface area contributed by atoms with E-state index in [0.717, 1.165) is 42.6 Å². The normalized spacial score (nSPS) is 21.8. The summed E-state index contributed by atoms with van der Waals surface area (Å²) >= 11 is 11.7. The van der Waals surface area contributed by atoms with Crippen LogP contribution in [0.2, 0.25) is 10.0 Å². The quantitative estimate of drug-likeness (QED) is 0.196. The topological polar surface area (TPSA) is 72.9 Å². The molecule has 0 aromatic heterocycles. The summed E-state index contributed by atoms with van der Waals surface area (Å²) in [5, 5.41) is 0.474. The van der Waals surface area contributed by atoms with Crippen molar-refractivity contribution < 1.29 is 32.0 Å². The third-order valence-corrected chi connectivity index (χ3v) is 12.8. The molecule has 6 nitrogen and oxygen atoms in total. The lowest BCUT2D eigenvalue weighted by Crippen LogP contribution is -2.55. The first-order valence-electron chi connectivity index (χ1n) is 16.0. The number of rotatable bonds is 10. The van der Waals surface area contributed by atoms with Crippen molar-refractivity contribution in [2.24, 2.45) is 5.92 Å². The van der Waals surface area contributed by atoms with Gasteiger partial charge >= 0.3 is 12.3 Å². The molecule has 1 aliphatic carbocycles. The lowest BCUT2D eigenvalue weighted by Gasteiger charge is -2.44. The van der Waals surface area contributed by atoms with Gasteiger partial charge < -0.3 is 14.2 Å². The summed E-state index contributed by atoms with van der Waals surface area (Å²) in [5.41, 5.74) is 1.55. The van der Waals surface area contributed by atoms with Crippen LogP contribution < -0.4 is 4.74 Å². The van der Waals surface area contributed by atoms with E-state index in [1.807, 2.05) is 12.1 Å². The van der Waals surface area contributed by atoms with Gasteiger partial charge in [0, 0.05) is 44.6 Å². The molecule has 3 aromatic carbocycles. The third kappa shape index (κ3) is 7.93. The van der Waals surface area contributed by atoms with Crippen LogP contribution in [0.4, 0.5) is 18.0 Å². The Kier molecular flexibility index (Phi) is 11.3. The number of hydrogen-bond donors (Lipinski definition) is 0. The van der Waals surface area contributed by atoms with Gasteiger partial charge in [0.15, 0.2) is 4.75 Å². The van der Waals surface area contributed by atoms with E-state index in [-0.39, 0.29) is 21.3 Å². The number of benzene rings is 3. The maximum Gasteiger partial charge on any atom is 0.415 e. The zero-order valence-electron chi connectivity index (χ0n) is 26.9. The maximum atomic E-state index is 13.7. The molecule has 1 unspecified atom stereocenters. The molecule has 0 bridgehead atoms. The molecule has 1 heterocycles. The van der Waals surface area contributed by atoms with Gasteiger partial charge in [0.25, 0.3) is 0 Å². The van der Waals surface area contributed by atoms with Crippen LogP contribution in [0.3, 0.4) is 0 Å². The monoisotopic (exact) mass is 722 g/mol. The maximum absolute atomic E-state index is 13.7. The smallest absolute Gasteiger partial charge is 0.415 e. The molecule has 3 aromatic rings. The van der Waals surface area contributed by atoms with Gasteiger partial charge in [-0.25, -0.2) is 4.79 Å². The first-order chi connectivity index (χ1) is 22.7. The summed E-state index contributed by atoms with van der Waals surface area (Å²) in [4.78, 5) is 28.9. The number of amides is 2. The Hall–Kier alpha value is -2.92. The van der Waals surface area contributed by atoms with Crippen molar-refractivity contribution in [1.82, 2.24) is 9.80 Å². The van der Waals surface area contributed by atoms with Gasteiger partial charge in [-0.05, 0) is 66.2 Å². The number of fused-ring (bicyclic) bond motifs is 2. The van der Waals surface area contributed by atoms with Gasteiger partial charge in [0.05, 0.1) is 15.6 Å². The highest BCUT2D eigenvalue weighted by molar-refractivity contribution is 7.92. The van der Waals surface area contributed by atoms with Gasteiger partial charge in [-0.15, -0.1) is 0 Å². The average molecular weight is 724 g/mol. The molecule has 1 aliphatic heterocycles. The van der Waals surface area contributed by atoms with Gasteiger partial charge in [-0.2, -0.15) is 13.2 Å². The van der Waals surface area contributed by atoms with Crippen LogP contribution in [-0.2, 0) is 32.0 Å². The van der Waals surface area contributed by atoms with Crippen LogP contribution in [0.25, 0.3) is 0 Å². The number of para-hydroxylation sites is 1. The van der Waals surface area contributed by atoms with Crippen molar-refractivity contribution in [2.75, 3.05) is 20.6 Å². The second-order valence-electron chi connectivity index (χ2n) is 12.9. The molecule has 258 valence electrons. The summed E-state index contributed by atoms with van der Waals surface area (Å²) in [6.45, 7) is -0.246. The average Bonchev–Trinajstić information content (AvgIpc) is 3.32. The molecular weight excluding hydrogens is 684 g/mol. The highest BCUT2D eigenvalue weighted by atomic mass is 35.5. The molecule has 0 radical (unpaired) electrons. The predicted octanol–water partition coefficient (Wildman–Crippen LogP) is 9.25. The fourth-order valence-electron chi connectivity index (χ4n) is 7.29.